The van der Waals surface area contributed by atoms with Crippen molar-refractivity contribution in [1.29, 1.82) is 0 Å². The van der Waals surface area contributed by atoms with Gasteiger partial charge in [-0.3, -0.25) is 0 Å². The summed E-state index contributed by atoms with van der Waals surface area (Å²) in [6.45, 7) is 5.60. The molecule has 0 N–H and O–H groups in total. The van der Waals surface area contributed by atoms with E-state index >= 15 is 0 Å². The van der Waals surface area contributed by atoms with E-state index in [9.17, 15) is 8.42 Å². The molecule has 0 unspecified atom stereocenters. The van der Waals surface area contributed by atoms with E-state index < -0.39 is 10.0 Å². The number of benzene rings is 1. The molecule has 3 rings (SSSR count). The average Bonchev–Trinajstić information content (AvgIpc) is 2.54. The van der Waals surface area contributed by atoms with Crippen molar-refractivity contribution in [3.05, 3.63) is 51.6 Å². The van der Waals surface area contributed by atoms with Gasteiger partial charge in [-0.15, -0.1) is 0 Å². The van der Waals surface area contributed by atoms with Gasteiger partial charge in [-0.1, -0.05) is 40.9 Å². The van der Waals surface area contributed by atoms with Crippen molar-refractivity contribution in [3.63, 3.8) is 0 Å². The molecule has 1 saturated heterocycles. The minimum Gasteiger partial charge on any atom is -0.353 e. The summed E-state index contributed by atoms with van der Waals surface area (Å²) in [5.74, 6) is 0.634. The van der Waals surface area contributed by atoms with E-state index in [1.807, 2.05) is 30.9 Å². The van der Waals surface area contributed by atoms with Crippen LogP contribution >= 0.6 is 23.2 Å². The van der Waals surface area contributed by atoms with Crippen molar-refractivity contribution < 1.29 is 8.42 Å². The summed E-state index contributed by atoms with van der Waals surface area (Å²) in [6, 6.07) is 7.04. The number of hydrogen-bond acceptors (Lipinski definition) is 4. The molecule has 25 heavy (non-hydrogen) atoms. The zero-order valence-electron chi connectivity index (χ0n) is 14.0. The van der Waals surface area contributed by atoms with Crippen LogP contribution in [0.3, 0.4) is 0 Å². The fourth-order valence-corrected chi connectivity index (χ4v) is 5.14. The Morgan fingerprint density at radius 1 is 1.04 bits per heavy atom. The minimum absolute atomic E-state index is 0.370. The van der Waals surface area contributed by atoms with Crippen molar-refractivity contribution >= 4 is 39.0 Å². The molecule has 0 bridgehead atoms. The maximum atomic E-state index is 12.9. The third-order valence-corrected chi connectivity index (χ3v) is 6.82. The predicted octanol–water partition coefficient (Wildman–Crippen LogP) is 3.52. The Balaban J connectivity index is 1.77. The van der Waals surface area contributed by atoms with Gasteiger partial charge < -0.3 is 4.90 Å². The summed E-state index contributed by atoms with van der Waals surface area (Å²) in [5, 5.41) is 0.947. The summed E-state index contributed by atoms with van der Waals surface area (Å²) in [6.07, 6.45) is 1.54. The smallest absolute Gasteiger partial charge is 0.243 e. The second kappa shape index (κ2) is 7.11. The highest BCUT2D eigenvalue weighted by Crippen LogP contribution is 2.28. The zero-order chi connectivity index (χ0) is 18.2. The van der Waals surface area contributed by atoms with Crippen molar-refractivity contribution in [1.82, 2.24) is 9.29 Å². The Bertz CT molecular complexity index is 895. The number of pyridine rings is 1. The van der Waals surface area contributed by atoms with Crippen LogP contribution < -0.4 is 4.90 Å². The van der Waals surface area contributed by atoms with Gasteiger partial charge in [0.25, 0.3) is 0 Å². The van der Waals surface area contributed by atoms with Crippen molar-refractivity contribution in [2.45, 2.75) is 18.7 Å². The number of aryl methyl sites for hydroxylation is 2. The molecule has 1 aromatic carbocycles. The molecule has 0 saturated carbocycles. The van der Waals surface area contributed by atoms with Crippen molar-refractivity contribution in [2.24, 2.45) is 0 Å². The van der Waals surface area contributed by atoms with E-state index in [0.717, 1.165) is 11.1 Å². The molecular weight excluding hydrogens is 381 g/mol. The lowest BCUT2D eigenvalue weighted by atomic mass is 10.2. The van der Waals surface area contributed by atoms with E-state index in [1.54, 1.807) is 18.3 Å². The molecule has 0 atom stereocenters. The summed E-state index contributed by atoms with van der Waals surface area (Å²) >= 11 is 12.1. The maximum absolute atomic E-state index is 12.9. The van der Waals surface area contributed by atoms with Gasteiger partial charge in [0.2, 0.25) is 10.0 Å². The van der Waals surface area contributed by atoms with Crippen molar-refractivity contribution in [3.8, 4) is 0 Å². The highest BCUT2D eigenvalue weighted by Gasteiger charge is 2.30. The fraction of sp³-hybridized carbons (Fsp3) is 0.353. The van der Waals surface area contributed by atoms with Gasteiger partial charge in [-0.25, -0.2) is 13.4 Å². The highest BCUT2D eigenvalue weighted by atomic mass is 35.5. The number of rotatable bonds is 3. The van der Waals surface area contributed by atoms with Gasteiger partial charge in [-0.2, -0.15) is 4.31 Å². The number of aromatic nitrogens is 1. The molecule has 0 amide bonds. The third-order valence-electron chi connectivity index (χ3n) is 4.27. The van der Waals surface area contributed by atoms with Crippen LogP contribution in [0.5, 0.6) is 0 Å². The molecule has 1 aromatic heterocycles. The topological polar surface area (TPSA) is 53.5 Å². The first-order valence-corrected chi connectivity index (χ1v) is 10.1. The van der Waals surface area contributed by atoms with Crippen LogP contribution in [0.1, 0.15) is 11.1 Å². The number of halogens is 2. The van der Waals surface area contributed by atoms with E-state index in [-0.39, 0.29) is 0 Å². The molecule has 8 heteroatoms. The molecule has 0 radical (unpaired) electrons. The van der Waals surface area contributed by atoms with Gasteiger partial charge in [0, 0.05) is 32.4 Å². The first-order chi connectivity index (χ1) is 11.8. The lowest BCUT2D eigenvalue weighted by Gasteiger charge is -2.35. The summed E-state index contributed by atoms with van der Waals surface area (Å²) < 4.78 is 27.4. The molecule has 0 aliphatic carbocycles. The first kappa shape index (κ1) is 18.5. The van der Waals surface area contributed by atoms with Gasteiger partial charge in [-0.05, 0) is 31.5 Å². The highest BCUT2D eigenvalue weighted by molar-refractivity contribution is 7.89. The molecule has 0 spiro atoms. The van der Waals surface area contributed by atoms with Gasteiger partial charge in [0.15, 0.2) is 0 Å². The van der Waals surface area contributed by atoms with Crippen LogP contribution in [0, 0.1) is 13.8 Å². The molecule has 1 aliphatic heterocycles. The first-order valence-electron chi connectivity index (χ1n) is 7.92. The van der Waals surface area contributed by atoms with Crippen LogP contribution in [-0.2, 0) is 10.0 Å². The van der Waals surface area contributed by atoms with Gasteiger partial charge >= 0.3 is 0 Å². The Morgan fingerprint density at radius 2 is 1.72 bits per heavy atom. The molecule has 2 aromatic rings. The van der Waals surface area contributed by atoms with E-state index in [4.69, 9.17) is 23.2 Å². The number of hydrogen-bond donors (Lipinski definition) is 0. The third kappa shape index (κ3) is 3.77. The fourth-order valence-electron chi connectivity index (χ4n) is 3.01. The average molecular weight is 400 g/mol. The summed E-state index contributed by atoms with van der Waals surface area (Å²) in [4.78, 5) is 6.61. The summed E-state index contributed by atoms with van der Waals surface area (Å²) in [5.41, 5.74) is 1.81. The van der Waals surface area contributed by atoms with Gasteiger partial charge in [0.05, 0.1) is 14.9 Å². The number of nitrogens with zero attached hydrogens (tertiary/aromatic N) is 3. The monoisotopic (exact) mass is 399 g/mol. The maximum Gasteiger partial charge on any atom is 0.243 e. The Hall–Kier alpha value is -1.34. The van der Waals surface area contributed by atoms with Crippen LogP contribution in [0.2, 0.25) is 10.0 Å². The number of piperazine rings is 1. The predicted molar refractivity (Wildman–Crippen MR) is 101 cm³/mol. The second-order valence-electron chi connectivity index (χ2n) is 6.12. The minimum atomic E-state index is -3.50. The molecule has 2 heterocycles. The molecule has 134 valence electrons. The quantitative estimate of drug-likeness (QED) is 0.791. The van der Waals surface area contributed by atoms with Crippen LogP contribution in [0.15, 0.2) is 35.4 Å². The lowest BCUT2D eigenvalue weighted by molar-refractivity contribution is 0.383. The standard InChI is InChI=1S/C17H19Cl2N3O2S/c1-12-3-4-16(13(2)9-12)25(23,24)22-7-5-21(6-8-22)17-15(19)10-14(18)11-20-17/h3-4,9-11H,5-8H2,1-2H3. The number of anilines is 1. The Labute approximate surface area is 158 Å². The SMILES string of the molecule is Cc1ccc(S(=O)(=O)N2CCN(c3ncc(Cl)cc3Cl)CC2)c(C)c1. The second-order valence-corrected chi connectivity index (χ2v) is 8.87. The van der Waals surface area contributed by atoms with E-state index in [2.05, 4.69) is 4.98 Å². The van der Waals surface area contributed by atoms with E-state index in [0.29, 0.717) is 46.9 Å². The number of sulfonamides is 1. The zero-order valence-corrected chi connectivity index (χ0v) is 16.4. The Morgan fingerprint density at radius 3 is 2.32 bits per heavy atom. The normalized spacial score (nSPS) is 16.2. The van der Waals surface area contributed by atoms with Crippen molar-refractivity contribution in [2.75, 3.05) is 31.1 Å². The van der Waals surface area contributed by atoms with Gasteiger partial charge in [0.1, 0.15) is 5.82 Å². The Kier molecular flexibility index (Phi) is 5.25. The molecule has 5 nitrogen and oxygen atoms in total. The van der Waals surface area contributed by atoms with Crippen LogP contribution in [0.4, 0.5) is 5.82 Å². The van der Waals surface area contributed by atoms with E-state index in [1.165, 1.54) is 4.31 Å². The molecule has 1 fully saturated rings. The lowest BCUT2D eigenvalue weighted by Crippen LogP contribution is -2.49. The van der Waals surface area contributed by atoms with Crippen LogP contribution in [-0.4, -0.2) is 43.9 Å². The molecule has 1 aliphatic rings. The molecular formula is C17H19Cl2N3O2S. The van der Waals surface area contributed by atoms with Crippen LogP contribution in [0.25, 0.3) is 0 Å². The summed E-state index contributed by atoms with van der Waals surface area (Å²) in [7, 11) is -3.50. The largest absolute Gasteiger partial charge is 0.353 e.